The number of para-hydroxylation sites is 1. The van der Waals surface area contributed by atoms with Gasteiger partial charge in [0.25, 0.3) is 0 Å². The predicted molar refractivity (Wildman–Crippen MR) is 68.8 cm³/mol. The number of benzene rings is 1. The normalized spacial score (nSPS) is 22.6. The van der Waals surface area contributed by atoms with Gasteiger partial charge in [0.2, 0.25) is 0 Å². The first-order valence-corrected chi connectivity index (χ1v) is 6.75. The molecule has 2 aliphatic rings. The molecule has 0 amide bonds. The number of aliphatic hydroxyl groups excluding tert-OH is 1. The van der Waals surface area contributed by atoms with Crippen LogP contribution in [-0.4, -0.2) is 24.4 Å². The van der Waals surface area contributed by atoms with Crippen LogP contribution in [0.3, 0.4) is 0 Å². The largest absolute Gasteiger partial charge is 0.493 e. The molecule has 1 saturated carbocycles. The molecule has 0 aromatic heterocycles. The Balaban J connectivity index is 1.96. The van der Waals surface area contributed by atoms with Gasteiger partial charge in [-0.3, -0.25) is 0 Å². The molecule has 0 spiro atoms. The molecule has 1 aromatic rings. The molecule has 3 heteroatoms. The maximum atomic E-state index is 10.6. The topological polar surface area (TPSA) is 38.7 Å². The standard InChI is InChI=1S/C15H20O3/c1-17-15(8-4-9-15)14(16)12-7-2-5-11-6-3-10-18-13(11)12/h2,5,7,14,16H,3-4,6,8-10H2,1H3. The number of hydrogen-bond donors (Lipinski definition) is 1. The molecular formula is C15H20O3. The number of ether oxygens (including phenoxy) is 2. The number of aryl methyl sites for hydroxylation is 1. The average molecular weight is 248 g/mol. The van der Waals surface area contributed by atoms with E-state index in [-0.39, 0.29) is 0 Å². The molecule has 98 valence electrons. The van der Waals surface area contributed by atoms with Crippen molar-refractivity contribution in [3.63, 3.8) is 0 Å². The van der Waals surface area contributed by atoms with E-state index in [1.807, 2.05) is 12.1 Å². The second-order valence-corrected chi connectivity index (χ2v) is 5.31. The van der Waals surface area contributed by atoms with Gasteiger partial charge in [-0.05, 0) is 37.7 Å². The molecule has 1 aliphatic carbocycles. The van der Waals surface area contributed by atoms with Gasteiger partial charge in [0, 0.05) is 12.7 Å². The van der Waals surface area contributed by atoms with Crippen LogP contribution in [0.2, 0.25) is 0 Å². The zero-order valence-corrected chi connectivity index (χ0v) is 10.8. The third-order valence-corrected chi connectivity index (χ3v) is 4.36. The lowest BCUT2D eigenvalue weighted by atomic mass is 9.73. The van der Waals surface area contributed by atoms with Crippen LogP contribution in [0.5, 0.6) is 5.75 Å². The van der Waals surface area contributed by atoms with Crippen molar-refractivity contribution in [1.29, 1.82) is 0 Å². The number of fused-ring (bicyclic) bond motifs is 1. The second kappa shape index (κ2) is 4.56. The lowest BCUT2D eigenvalue weighted by molar-refractivity contribution is -0.152. The van der Waals surface area contributed by atoms with Crippen molar-refractivity contribution >= 4 is 0 Å². The highest BCUT2D eigenvalue weighted by Gasteiger charge is 2.45. The summed E-state index contributed by atoms with van der Waals surface area (Å²) < 4.78 is 11.3. The molecule has 1 aromatic carbocycles. The first kappa shape index (κ1) is 12.0. The average Bonchev–Trinajstić information content (AvgIpc) is 2.37. The predicted octanol–water partition coefficient (Wildman–Crippen LogP) is 2.61. The minimum atomic E-state index is -0.579. The van der Waals surface area contributed by atoms with Gasteiger partial charge >= 0.3 is 0 Å². The number of methoxy groups -OCH3 is 1. The molecule has 3 rings (SSSR count). The van der Waals surface area contributed by atoms with Crippen molar-refractivity contribution in [2.75, 3.05) is 13.7 Å². The Morgan fingerprint density at radius 1 is 1.33 bits per heavy atom. The third kappa shape index (κ3) is 1.73. The van der Waals surface area contributed by atoms with Crippen molar-refractivity contribution in [1.82, 2.24) is 0 Å². The Kier molecular flexibility index (Phi) is 3.04. The van der Waals surface area contributed by atoms with Crippen LogP contribution in [0.1, 0.15) is 42.9 Å². The quantitative estimate of drug-likeness (QED) is 0.893. The maximum absolute atomic E-state index is 10.6. The van der Waals surface area contributed by atoms with E-state index in [0.717, 1.165) is 50.0 Å². The van der Waals surface area contributed by atoms with Gasteiger partial charge in [-0.15, -0.1) is 0 Å². The molecule has 18 heavy (non-hydrogen) atoms. The summed E-state index contributed by atoms with van der Waals surface area (Å²) in [5, 5.41) is 10.6. The van der Waals surface area contributed by atoms with Crippen LogP contribution in [0.15, 0.2) is 18.2 Å². The molecule has 0 bridgehead atoms. The molecule has 0 radical (unpaired) electrons. The summed E-state index contributed by atoms with van der Waals surface area (Å²) in [6, 6.07) is 6.06. The molecule has 1 aliphatic heterocycles. The molecule has 1 heterocycles. The van der Waals surface area contributed by atoms with E-state index < -0.39 is 11.7 Å². The minimum absolute atomic E-state index is 0.393. The fourth-order valence-electron chi connectivity index (χ4n) is 3.03. The van der Waals surface area contributed by atoms with Gasteiger partial charge in [-0.25, -0.2) is 0 Å². The van der Waals surface area contributed by atoms with Crippen molar-refractivity contribution in [2.24, 2.45) is 0 Å². The second-order valence-electron chi connectivity index (χ2n) is 5.31. The Hall–Kier alpha value is -1.06. The van der Waals surface area contributed by atoms with Crippen LogP contribution >= 0.6 is 0 Å². The molecule has 1 fully saturated rings. The van der Waals surface area contributed by atoms with Crippen molar-refractivity contribution < 1.29 is 14.6 Å². The van der Waals surface area contributed by atoms with Crippen LogP contribution in [0, 0.1) is 0 Å². The summed E-state index contributed by atoms with van der Waals surface area (Å²) >= 11 is 0. The lowest BCUT2D eigenvalue weighted by Gasteiger charge is -2.44. The van der Waals surface area contributed by atoms with Crippen LogP contribution in [-0.2, 0) is 11.2 Å². The molecule has 0 saturated heterocycles. The molecule has 1 unspecified atom stereocenters. The van der Waals surface area contributed by atoms with E-state index in [9.17, 15) is 5.11 Å². The molecular weight excluding hydrogens is 228 g/mol. The molecule has 3 nitrogen and oxygen atoms in total. The Bertz CT molecular complexity index is 432. The van der Waals surface area contributed by atoms with E-state index in [4.69, 9.17) is 9.47 Å². The highest BCUT2D eigenvalue weighted by molar-refractivity contribution is 5.45. The van der Waals surface area contributed by atoms with E-state index in [1.54, 1.807) is 7.11 Å². The van der Waals surface area contributed by atoms with E-state index in [2.05, 4.69) is 6.07 Å². The number of rotatable bonds is 3. The van der Waals surface area contributed by atoms with Crippen LogP contribution in [0.4, 0.5) is 0 Å². The SMILES string of the molecule is COC1(C(O)c2cccc3c2OCCC3)CCC1. The van der Waals surface area contributed by atoms with Gasteiger partial charge in [-0.2, -0.15) is 0 Å². The number of hydrogen-bond acceptors (Lipinski definition) is 3. The van der Waals surface area contributed by atoms with E-state index >= 15 is 0 Å². The third-order valence-electron chi connectivity index (χ3n) is 4.36. The van der Waals surface area contributed by atoms with Crippen LogP contribution in [0.25, 0.3) is 0 Å². The number of aliphatic hydroxyl groups is 1. The summed E-state index contributed by atoms with van der Waals surface area (Å²) in [5.41, 5.74) is 1.72. The van der Waals surface area contributed by atoms with E-state index in [1.165, 1.54) is 5.56 Å². The van der Waals surface area contributed by atoms with Gasteiger partial charge < -0.3 is 14.6 Å². The lowest BCUT2D eigenvalue weighted by Crippen LogP contribution is -2.45. The Labute approximate surface area is 108 Å². The summed E-state index contributed by atoms with van der Waals surface area (Å²) in [6.45, 7) is 0.747. The summed E-state index contributed by atoms with van der Waals surface area (Å²) in [5.74, 6) is 0.888. The smallest absolute Gasteiger partial charge is 0.128 e. The van der Waals surface area contributed by atoms with Gasteiger partial charge in [0.1, 0.15) is 11.9 Å². The van der Waals surface area contributed by atoms with E-state index in [0.29, 0.717) is 0 Å². The van der Waals surface area contributed by atoms with Gasteiger partial charge in [-0.1, -0.05) is 18.2 Å². The Morgan fingerprint density at radius 3 is 2.83 bits per heavy atom. The highest BCUT2D eigenvalue weighted by atomic mass is 16.5. The van der Waals surface area contributed by atoms with Crippen molar-refractivity contribution in [2.45, 2.75) is 43.8 Å². The summed E-state index contributed by atoms with van der Waals surface area (Å²) in [7, 11) is 1.69. The van der Waals surface area contributed by atoms with Crippen molar-refractivity contribution in [3.05, 3.63) is 29.3 Å². The van der Waals surface area contributed by atoms with Crippen LogP contribution < -0.4 is 4.74 Å². The first-order chi connectivity index (χ1) is 8.77. The first-order valence-electron chi connectivity index (χ1n) is 6.75. The summed E-state index contributed by atoms with van der Waals surface area (Å²) in [6.07, 6.45) is 4.49. The molecule has 1 atom stereocenters. The zero-order valence-electron chi connectivity index (χ0n) is 10.8. The maximum Gasteiger partial charge on any atom is 0.128 e. The minimum Gasteiger partial charge on any atom is -0.493 e. The zero-order chi connectivity index (χ0) is 12.6. The van der Waals surface area contributed by atoms with Gasteiger partial charge in [0.05, 0.1) is 12.2 Å². The van der Waals surface area contributed by atoms with Crippen molar-refractivity contribution in [3.8, 4) is 5.75 Å². The fourth-order valence-corrected chi connectivity index (χ4v) is 3.03. The fraction of sp³-hybridized carbons (Fsp3) is 0.600. The molecule has 1 N–H and O–H groups in total. The Morgan fingerprint density at radius 2 is 2.17 bits per heavy atom. The summed E-state index contributed by atoms with van der Waals surface area (Å²) in [4.78, 5) is 0. The monoisotopic (exact) mass is 248 g/mol. The highest BCUT2D eigenvalue weighted by Crippen LogP contribution is 2.47. The van der Waals surface area contributed by atoms with Gasteiger partial charge in [0.15, 0.2) is 0 Å².